The molecule has 3 aromatic rings. The Morgan fingerprint density at radius 1 is 1.15 bits per heavy atom. The van der Waals surface area contributed by atoms with E-state index in [-0.39, 0.29) is 18.9 Å². The monoisotopic (exact) mass is 459 g/mol. The van der Waals surface area contributed by atoms with Gasteiger partial charge in [-0.15, -0.1) is 0 Å². The molecule has 1 aliphatic carbocycles. The Balaban J connectivity index is 1.58. The molecule has 0 spiro atoms. The van der Waals surface area contributed by atoms with Crippen molar-refractivity contribution in [2.75, 3.05) is 0 Å². The van der Waals surface area contributed by atoms with Crippen LogP contribution in [-0.4, -0.2) is 25.8 Å². The van der Waals surface area contributed by atoms with Gasteiger partial charge in [0, 0.05) is 23.9 Å². The Hall–Kier alpha value is -3.36. The van der Waals surface area contributed by atoms with E-state index < -0.39 is 17.7 Å². The second-order valence-electron chi connectivity index (χ2n) is 8.23. The molecule has 1 saturated carbocycles. The average molecular weight is 459 g/mol. The van der Waals surface area contributed by atoms with Crippen molar-refractivity contribution in [3.8, 4) is 11.6 Å². The fourth-order valence-electron chi connectivity index (χ4n) is 4.14. The summed E-state index contributed by atoms with van der Waals surface area (Å²) < 4.78 is 46.1. The van der Waals surface area contributed by atoms with E-state index in [1.807, 2.05) is 0 Å². The van der Waals surface area contributed by atoms with Gasteiger partial charge in [0.1, 0.15) is 12.4 Å². The number of ether oxygens (including phenoxy) is 1. The molecule has 4 rings (SSSR count). The smallest absolute Gasteiger partial charge is 0.417 e. The Bertz CT molecular complexity index is 1100. The molecule has 9 heteroatoms. The fraction of sp³-hybridized carbons (Fsp3) is 0.375. The van der Waals surface area contributed by atoms with Crippen LogP contribution in [0.2, 0.25) is 0 Å². The quantitative estimate of drug-likeness (QED) is 0.502. The van der Waals surface area contributed by atoms with Crippen LogP contribution < -0.4 is 4.74 Å². The number of hydrogen-bond acceptors (Lipinski definition) is 4. The van der Waals surface area contributed by atoms with E-state index in [0.717, 1.165) is 49.2 Å². The maximum Gasteiger partial charge on any atom is 0.417 e. The summed E-state index contributed by atoms with van der Waals surface area (Å²) in [7, 11) is 0. The van der Waals surface area contributed by atoms with E-state index >= 15 is 0 Å². The number of benzene rings is 1. The maximum absolute atomic E-state index is 12.9. The largest absolute Gasteiger partial charge is 0.489 e. The topological polar surface area (TPSA) is 77.2 Å². The molecule has 0 saturated heterocycles. The van der Waals surface area contributed by atoms with Crippen LogP contribution in [0.1, 0.15) is 60.4 Å². The van der Waals surface area contributed by atoms with Crippen LogP contribution in [0.3, 0.4) is 0 Å². The molecule has 2 heterocycles. The number of pyridine rings is 1. The first-order chi connectivity index (χ1) is 15.8. The fourth-order valence-corrected chi connectivity index (χ4v) is 4.14. The van der Waals surface area contributed by atoms with Gasteiger partial charge in [0.2, 0.25) is 0 Å². The van der Waals surface area contributed by atoms with E-state index in [4.69, 9.17) is 9.84 Å². The van der Waals surface area contributed by atoms with Crippen molar-refractivity contribution < 1.29 is 27.8 Å². The van der Waals surface area contributed by atoms with Crippen LogP contribution >= 0.6 is 0 Å². The molecule has 33 heavy (non-hydrogen) atoms. The highest BCUT2D eigenvalue weighted by molar-refractivity contribution is 5.70. The second-order valence-corrected chi connectivity index (χ2v) is 8.23. The van der Waals surface area contributed by atoms with Crippen molar-refractivity contribution in [2.45, 2.75) is 57.2 Å². The predicted octanol–water partition coefficient (Wildman–Crippen LogP) is 5.54. The molecular weight excluding hydrogens is 435 g/mol. The van der Waals surface area contributed by atoms with Gasteiger partial charge in [0.25, 0.3) is 0 Å². The van der Waals surface area contributed by atoms with E-state index in [2.05, 4.69) is 10.1 Å². The van der Waals surface area contributed by atoms with E-state index in [0.29, 0.717) is 17.1 Å². The highest BCUT2D eigenvalue weighted by Gasteiger charge is 2.31. The average Bonchev–Trinajstić information content (AvgIpc) is 3.22. The third-order valence-corrected chi connectivity index (χ3v) is 5.77. The number of aliphatic carboxylic acids is 1. The number of nitrogens with zero attached hydrogens (tertiary/aromatic N) is 3. The summed E-state index contributed by atoms with van der Waals surface area (Å²) in [6, 6.07) is 9.21. The molecule has 2 aromatic heterocycles. The first kappa shape index (κ1) is 22.8. The number of halogens is 3. The van der Waals surface area contributed by atoms with Crippen LogP contribution in [0.4, 0.5) is 13.2 Å². The van der Waals surface area contributed by atoms with Gasteiger partial charge in [-0.25, -0.2) is 9.67 Å². The lowest BCUT2D eigenvalue weighted by Crippen LogP contribution is -2.09. The highest BCUT2D eigenvalue weighted by Crippen LogP contribution is 2.34. The van der Waals surface area contributed by atoms with Gasteiger partial charge < -0.3 is 9.84 Å². The number of carboxylic acid groups (broad SMARTS) is 1. The zero-order valence-corrected chi connectivity index (χ0v) is 17.9. The third kappa shape index (κ3) is 5.71. The summed E-state index contributed by atoms with van der Waals surface area (Å²) in [5.74, 6) is 0.182. The molecule has 0 amide bonds. The van der Waals surface area contributed by atoms with Gasteiger partial charge in [0.05, 0.1) is 17.7 Å². The van der Waals surface area contributed by atoms with Crippen LogP contribution in [0.25, 0.3) is 5.82 Å². The lowest BCUT2D eigenvalue weighted by atomic mass is 9.86. The molecule has 0 aliphatic heterocycles. The van der Waals surface area contributed by atoms with Gasteiger partial charge in [-0.3, -0.25) is 4.79 Å². The number of rotatable bonds is 7. The van der Waals surface area contributed by atoms with Crippen molar-refractivity contribution >= 4 is 5.97 Å². The minimum Gasteiger partial charge on any atom is -0.489 e. The SMILES string of the molecule is O=C(O)Cc1cccc(OCc2cn(-c3ccc(C(F)(F)F)cn3)nc2C2CCCCC2)c1. The molecule has 1 aliphatic rings. The van der Waals surface area contributed by atoms with Gasteiger partial charge in [-0.2, -0.15) is 18.3 Å². The van der Waals surface area contributed by atoms with E-state index in [1.54, 1.807) is 30.5 Å². The molecule has 0 bridgehead atoms. The van der Waals surface area contributed by atoms with E-state index in [9.17, 15) is 18.0 Å². The second kappa shape index (κ2) is 9.64. The van der Waals surface area contributed by atoms with Crippen molar-refractivity contribution in [2.24, 2.45) is 0 Å². The minimum atomic E-state index is -4.45. The summed E-state index contributed by atoms with van der Waals surface area (Å²) in [5, 5.41) is 13.7. The summed E-state index contributed by atoms with van der Waals surface area (Å²) in [5.41, 5.74) is 1.54. The van der Waals surface area contributed by atoms with Crippen molar-refractivity contribution in [3.05, 3.63) is 71.2 Å². The lowest BCUT2D eigenvalue weighted by Gasteiger charge is -2.21. The number of hydrogen-bond donors (Lipinski definition) is 1. The van der Waals surface area contributed by atoms with Crippen molar-refractivity contribution in [3.63, 3.8) is 0 Å². The number of aromatic nitrogens is 3. The molecule has 0 radical (unpaired) electrons. The summed E-state index contributed by atoms with van der Waals surface area (Å²) in [4.78, 5) is 14.9. The normalized spacial score (nSPS) is 14.9. The Kier molecular flexibility index (Phi) is 6.67. The predicted molar refractivity (Wildman–Crippen MR) is 114 cm³/mol. The number of carboxylic acids is 1. The summed E-state index contributed by atoms with van der Waals surface area (Å²) >= 11 is 0. The lowest BCUT2D eigenvalue weighted by molar-refractivity contribution is -0.138. The molecule has 0 atom stereocenters. The van der Waals surface area contributed by atoms with Crippen LogP contribution in [0.5, 0.6) is 5.75 Å². The van der Waals surface area contributed by atoms with Gasteiger partial charge >= 0.3 is 12.1 Å². The minimum absolute atomic E-state index is 0.0952. The molecule has 1 aromatic carbocycles. The Labute approximate surface area is 189 Å². The first-order valence-corrected chi connectivity index (χ1v) is 10.8. The molecule has 1 N–H and O–H groups in total. The van der Waals surface area contributed by atoms with Crippen molar-refractivity contribution in [1.82, 2.24) is 14.8 Å². The van der Waals surface area contributed by atoms with Crippen LogP contribution in [0.15, 0.2) is 48.8 Å². The van der Waals surface area contributed by atoms with Crippen LogP contribution in [-0.2, 0) is 24.0 Å². The van der Waals surface area contributed by atoms with Crippen molar-refractivity contribution in [1.29, 1.82) is 0 Å². The Morgan fingerprint density at radius 3 is 2.61 bits per heavy atom. The zero-order chi connectivity index (χ0) is 23.4. The zero-order valence-electron chi connectivity index (χ0n) is 17.9. The molecule has 1 fully saturated rings. The maximum atomic E-state index is 12.9. The van der Waals surface area contributed by atoms with Gasteiger partial charge in [-0.05, 0) is 42.7 Å². The summed E-state index contributed by atoms with van der Waals surface area (Å²) in [6.07, 6.45) is 3.40. The van der Waals surface area contributed by atoms with E-state index in [1.165, 1.54) is 17.2 Å². The highest BCUT2D eigenvalue weighted by atomic mass is 19.4. The first-order valence-electron chi connectivity index (χ1n) is 10.8. The molecule has 0 unspecified atom stereocenters. The van der Waals surface area contributed by atoms with Gasteiger partial charge in [0.15, 0.2) is 5.82 Å². The van der Waals surface area contributed by atoms with Crippen LogP contribution in [0, 0.1) is 0 Å². The van der Waals surface area contributed by atoms with Gasteiger partial charge in [-0.1, -0.05) is 31.4 Å². The standard InChI is InChI=1S/C24H24F3N3O3/c25-24(26,27)19-9-10-21(28-13-19)30-14-18(23(29-30)17-6-2-1-3-7-17)15-33-20-8-4-5-16(11-20)12-22(31)32/h4-5,8-11,13-14,17H,1-3,6-7,12,15H2,(H,31,32). The molecular formula is C24H24F3N3O3. The Morgan fingerprint density at radius 2 is 1.94 bits per heavy atom. The number of carbonyl (C=O) groups is 1. The third-order valence-electron chi connectivity index (χ3n) is 5.77. The number of alkyl halides is 3. The molecule has 6 nitrogen and oxygen atoms in total. The molecule has 174 valence electrons. The summed E-state index contributed by atoms with van der Waals surface area (Å²) in [6.45, 7) is 0.211.